The average Bonchev–Trinajstić information content (AvgIpc) is 2.49. The molecule has 0 saturated carbocycles. The maximum Gasteiger partial charge on any atom is 0.129 e. The molecule has 0 atom stereocenters. The first-order chi connectivity index (χ1) is 10.1. The minimum atomic E-state index is 0.0394. The molecular formula is C17H20N2OS. The number of amidine groups is 1. The lowest BCUT2D eigenvalue weighted by Crippen LogP contribution is -2.12. The Labute approximate surface area is 130 Å². The summed E-state index contributed by atoms with van der Waals surface area (Å²) in [6, 6.07) is 14.3. The lowest BCUT2D eigenvalue weighted by molar-refractivity contribution is 0.413. The SMILES string of the molecule is COc1ccc(CSCc2ccccc2C)cc1C(=N)N. The summed E-state index contributed by atoms with van der Waals surface area (Å²) in [6.07, 6.45) is 0. The van der Waals surface area contributed by atoms with E-state index in [-0.39, 0.29) is 5.84 Å². The summed E-state index contributed by atoms with van der Waals surface area (Å²) in [7, 11) is 1.59. The van der Waals surface area contributed by atoms with Crippen LogP contribution in [0.3, 0.4) is 0 Å². The lowest BCUT2D eigenvalue weighted by atomic mass is 10.1. The predicted octanol–water partition coefficient (Wildman–Crippen LogP) is 3.72. The highest BCUT2D eigenvalue weighted by atomic mass is 32.2. The zero-order chi connectivity index (χ0) is 15.2. The first-order valence-corrected chi connectivity index (χ1v) is 7.91. The molecule has 0 fully saturated rings. The number of rotatable bonds is 6. The first kappa shape index (κ1) is 15.4. The van der Waals surface area contributed by atoms with Crippen LogP contribution in [0, 0.1) is 12.3 Å². The van der Waals surface area contributed by atoms with Crippen molar-refractivity contribution in [3.63, 3.8) is 0 Å². The summed E-state index contributed by atoms with van der Waals surface area (Å²) >= 11 is 1.86. The number of hydrogen-bond donors (Lipinski definition) is 2. The van der Waals surface area contributed by atoms with Crippen LogP contribution in [0.15, 0.2) is 42.5 Å². The van der Waals surface area contributed by atoms with Crippen LogP contribution in [0.1, 0.15) is 22.3 Å². The van der Waals surface area contributed by atoms with Crippen molar-refractivity contribution in [3.05, 3.63) is 64.7 Å². The summed E-state index contributed by atoms with van der Waals surface area (Å²) in [6.45, 7) is 2.14. The van der Waals surface area contributed by atoms with Gasteiger partial charge in [-0.25, -0.2) is 0 Å². The molecule has 0 saturated heterocycles. The third kappa shape index (κ3) is 4.02. The molecule has 0 aliphatic heterocycles. The fourth-order valence-corrected chi connectivity index (χ4v) is 3.17. The van der Waals surface area contributed by atoms with Crippen LogP contribution >= 0.6 is 11.8 Å². The van der Waals surface area contributed by atoms with Gasteiger partial charge in [0.2, 0.25) is 0 Å². The van der Waals surface area contributed by atoms with Crippen molar-refractivity contribution in [2.45, 2.75) is 18.4 Å². The van der Waals surface area contributed by atoms with E-state index in [4.69, 9.17) is 15.9 Å². The number of benzene rings is 2. The van der Waals surface area contributed by atoms with E-state index in [0.29, 0.717) is 11.3 Å². The molecule has 3 N–H and O–H groups in total. The smallest absolute Gasteiger partial charge is 0.129 e. The standard InChI is InChI=1S/C17H20N2OS/c1-12-5-3-4-6-14(12)11-21-10-13-7-8-16(20-2)15(9-13)17(18)19/h3-9H,10-11H2,1-2H3,(H3,18,19). The van der Waals surface area contributed by atoms with Crippen molar-refractivity contribution in [1.29, 1.82) is 5.41 Å². The van der Waals surface area contributed by atoms with E-state index < -0.39 is 0 Å². The molecule has 110 valence electrons. The zero-order valence-electron chi connectivity index (χ0n) is 12.3. The summed E-state index contributed by atoms with van der Waals surface area (Å²) in [5.74, 6) is 2.56. The number of thioether (sulfide) groups is 1. The van der Waals surface area contributed by atoms with Gasteiger partial charge in [0.15, 0.2) is 0 Å². The lowest BCUT2D eigenvalue weighted by Gasteiger charge is -2.10. The van der Waals surface area contributed by atoms with Gasteiger partial charge in [-0.05, 0) is 35.7 Å². The number of nitrogen functional groups attached to an aromatic ring is 1. The molecule has 0 amide bonds. The normalized spacial score (nSPS) is 10.4. The maximum atomic E-state index is 7.61. The predicted molar refractivity (Wildman–Crippen MR) is 90.2 cm³/mol. The second-order valence-electron chi connectivity index (χ2n) is 4.87. The van der Waals surface area contributed by atoms with Crippen molar-refractivity contribution >= 4 is 17.6 Å². The molecule has 0 radical (unpaired) electrons. The van der Waals surface area contributed by atoms with Gasteiger partial charge in [-0.3, -0.25) is 5.41 Å². The van der Waals surface area contributed by atoms with Crippen molar-refractivity contribution in [3.8, 4) is 5.75 Å². The monoisotopic (exact) mass is 300 g/mol. The Balaban J connectivity index is 2.02. The quantitative estimate of drug-likeness (QED) is 0.631. The number of nitrogens with one attached hydrogen (secondary N) is 1. The molecule has 21 heavy (non-hydrogen) atoms. The highest BCUT2D eigenvalue weighted by molar-refractivity contribution is 7.97. The summed E-state index contributed by atoms with van der Waals surface area (Å²) in [4.78, 5) is 0. The van der Waals surface area contributed by atoms with E-state index in [1.807, 2.05) is 30.0 Å². The van der Waals surface area contributed by atoms with E-state index in [1.165, 1.54) is 11.1 Å². The molecule has 0 bridgehead atoms. The van der Waals surface area contributed by atoms with E-state index in [2.05, 4.69) is 31.2 Å². The van der Waals surface area contributed by atoms with E-state index >= 15 is 0 Å². The van der Waals surface area contributed by atoms with Crippen LogP contribution in [-0.2, 0) is 11.5 Å². The highest BCUT2D eigenvalue weighted by Crippen LogP contribution is 2.24. The van der Waals surface area contributed by atoms with Crippen LogP contribution in [0.4, 0.5) is 0 Å². The number of hydrogen-bond acceptors (Lipinski definition) is 3. The third-order valence-corrected chi connectivity index (χ3v) is 4.39. The Morgan fingerprint density at radius 1 is 1.19 bits per heavy atom. The van der Waals surface area contributed by atoms with Crippen LogP contribution in [0.25, 0.3) is 0 Å². The number of aryl methyl sites for hydroxylation is 1. The van der Waals surface area contributed by atoms with Crippen molar-refractivity contribution in [1.82, 2.24) is 0 Å². The number of ether oxygens (including phenoxy) is 1. The van der Waals surface area contributed by atoms with Crippen LogP contribution < -0.4 is 10.5 Å². The molecule has 0 spiro atoms. The molecule has 0 aromatic heterocycles. The van der Waals surface area contributed by atoms with Gasteiger partial charge in [-0.1, -0.05) is 30.3 Å². The van der Waals surface area contributed by atoms with Crippen LogP contribution in [0.5, 0.6) is 5.75 Å². The second-order valence-corrected chi connectivity index (χ2v) is 5.85. The molecule has 2 aromatic rings. The Hall–Kier alpha value is -1.94. The second kappa shape index (κ2) is 7.18. The molecule has 0 unspecified atom stereocenters. The van der Waals surface area contributed by atoms with E-state index in [0.717, 1.165) is 17.1 Å². The van der Waals surface area contributed by atoms with E-state index in [1.54, 1.807) is 7.11 Å². The minimum Gasteiger partial charge on any atom is -0.496 e. The first-order valence-electron chi connectivity index (χ1n) is 6.75. The summed E-state index contributed by atoms with van der Waals surface area (Å²) in [5.41, 5.74) is 10.1. The Kier molecular flexibility index (Phi) is 5.28. The molecular weight excluding hydrogens is 280 g/mol. The Morgan fingerprint density at radius 3 is 2.62 bits per heavy atom. The van der Waals surface area contributed by atoms with Gasteiger partial charge in [0, 0.05) is 11.5 Å². The van der Waals surface area contributed by atoms with Gasteiger partial charge in [-0.2, -0.15) is 11.8 Å². The van der Waals surface area contributed by atoms with Crippen molar-refractivity contribution in [2.24, 2.45) is 5.73 Å². The largest absolute Gasteiger partial charge is 0.496 e. The third-order valence-electron chi connectivity index (χ3n) is 3.34. The fraction of sp³-hybridized carbons (Fsp3) is 0.235. The fourth-order valence-electron chi connectivity index (χ4n) is 2.11. The molecule has 0 heterocycles. The molecule has 3 nitrogen and oxygen atoms in total. The number of methoxy groups -OCH3 is 1. The summed E-state index contributed by atoms with van der Waals surface area (Å²) < 4.78 is 5.22. The molecule has 0 aliphatic carbocycles. The van der Waals surface area contributed by atoms with Crippen LogP contribution in [0.2, 0.25) is 0 Å². The molecule has 2 rings (SSSR count). The summed E-state index contributed by atoms with van der Waals surface area (Å²) in [5, 5.41) is 7.61. The Bertz CT molecular complexity index is 640. The minimum absolute atomic E-state index is 0.0394. The zero-order valence-corrected chi connectivity index (χ0v) is 13.2. The number of nitrogens with two attached hydrogens (primary N) is 1. The Morgan fingerprint density at radius 2 is 1.95 bits per heavy atom. The van der Waals surface area contributed by atoms with Crippen LogP contribution in [-0.4, -0.2) is 12.9 Å². The topological polar surface area (TPSA) is 59.1 Å². The van der Waals surface area contributed by atoms with Gasteiger partial charge >= 0.3 is 0 Å². The van der Waals surface area contributed by atoms with Gasteiger partial charge in [0.05, 0.1) is 12.7 Å². The molecule has 4 heteroatoms. The highest BCUT2D eigenvalue weighted by Gasteiger charge is 2.07. The average molecular weight is 300 g/mol. The van der Waals surface area contributed by atoms with Gasteiger partial charge < -0.3 is 10.5 Å². The van der Waals surface area contributed by atoms with Gasteiger partial charge in [-0.15, -0.1) is 0 Å². The molecule has 2 aromatic carbocycles. The van der Waals surface area contributed by atoms with Crippen molar-refractivity contribution in [2.75, 3.05) is 7.11 Å². The van der Waals surface area contributed by atoms with Crippen molar-refractivity contribution < 1.29 is 4.74 Å². The van der Waals surface area contributed by atoms with E-state index in [9.17, 15) is 0 Å². The van der Waals surface area contributed by atoms with Gasteiger partial charge in [0.25, 0.3) is 0 Å². The maximum absolute atomic E-state index is 7.61. The van der Waals surface area contributed by atoms with Gasteiger partial charge in [0.1, 0.15) is 11.6 Å². The molecule has 0 aliphatic rings.